The first-order valence-electron chi connectivity index (χ1n) is 8.36. The minimum atomic E-state index is -0.775. The first-order valence-corrected chi connectivity index (χ1v) is 9.18. The first-order chi connectivity index (χ1) is 13.4. The van der Waals surface area contributed by atoms with E-state index < -0.39 is 23.4 Å². The molecule has 3 rings (SSSR count). The Morgan fingerprint density at radius 3 is 2.68 bits per heavy atom. The van der Waals surface area contributed by atoms with Crippen LogP contribution < -0.4 is 0 Å². The summed E-state index contributed by atoms with van der Waals surface area (Å²) in [5.41, 5.74) is 0.966. The summed E-state index contributed by atoms with van der Waals surface area (Å²) in [7, 11) is 1.60. The van der Waals surface area contributed by atoms with E-state index >= 15 is 0 Å². The van der Waals surface area contributed by atoms with E-state index in [-0.39, 0.29) is 16.8 Å². The molecular formula is C19H17N3O5S. The maximum Gasteiger partial charge on any atom is 0.339 e. The first kappa shape index (κ1) is 19.4. The number of esters is 1. The second-order valence-electron chi connectivity index (χ2n) is 6.11. The smallest absolute Gasteiger partial charge is 0.339 e. The van der Waals surface area contributed by atoms with Gasteiger partial charge in [0.2, 0.25) is 0 Å². The lowest BCUT2D eigenvalue weighted by Crippen LogP contribution is -2.30. The van der Waals surface area contributed by atoms with Crippen molar-refractivity contribution in [3.8, 4) is 0 Å². The maximum absolute atomic E-state index is 12.3. The number of likely N-dealkylation sites (N-methyl/N-ethyl adjacent to an activating group) is 1. The number of ether oxygens (including phenoxy) is 1. The Balaban J connectivity index is 1.61. The molecule has 0 bridgehead atoms. The van der Waals surface area contributed by atoms with Crippen molar-refractivity contribution in [1.29, 1.82) is 0 Å². The highest BCUT2D eigenvalue weighted by atomic mass is 32.1. The van der Waals surface area contributed by atoms with Gasteiger partial charge in [-0.2, -0.15) is 0 Å². The van der Waals surface area contributed by atoms with Gasteiger partial charge in [0.25, 0.3) is 11.6 Å². The molecule has 0 radical (unpaired) electrons. The average Bonchev–Trinajstić information content (AvgIpc) is 3.07. The maximum atomic E-state index is 12.3. The predicted molar refractivity (Wildman–Crippen MR) is 104 cm³/mol. The van der Waals surface area contributed by atoms with Crippen LogP contribution in [-0.2, 0) is 16.1 Å². The van der Waals surface area contributed by atoms with Crippen LogP contribution in [0, 0.1) is 17.0 Å². The lowest BCUT2D eigenvalue weighted by Gasteiger charge is -2.15. The number of aromatic nitrogens is 1. The van der Waals surface area contributed by atoms with Gasteiger partial charge >= 0.3 is 5.97 Å². The van der Waals surface area contributed by atoms with Gasteiger partial charge in [-0.3, -0.25) is 14.9 Å². The number of amides is 1. The minimum Gasteiger partial charge on any atom is -0.452 e. The Morgan fingerprint density at radius 1 is 1.21 bits per heavy atom. The molecule has 0 unspecified atom stereocenters. The minimum absolute atomic E-state index is 0.0656. The number of benzene rings is 2. The topological polar surface area (TPSA) is 103 Å². The molecular weight excluding hydrogens is 382 g/mol. The standard InChI is InChI=1S/C19H17N3O5S/c1-12-13(6-5-8-15(12)22(25)26)19(24)27-11-18(23)21(2)10-17-20-14-7-3-4-9-16(14)28-17/h3-9H,10-11H2,1-2H3. The number of nitro benzene ring substituents is 1. The molecule has 2 aromatic carbocycles. The molecule has 8 nitrogen and oxygen atoms in total. The van der Waals surface area contributed by atoms with Gasteiger partial charge in [0.15, 0.2) is 6.61 Å². The van der Waals surface area contributed by atoms with Crippen LogP contribution in [0.5, 0.6) is 0 Å². The van der Waals surface area contributed by atoms with E-state index in [0.717, 1.165) is 15.2 Å². The van der Waals surface area contributed by atoms with Gasteiger partial charge in [-0.05, 0) is 25.1 Å². The van der Waals surface area contributed by atoms with Crippen LogP contribution in [0.15, 0.2) is 42.5 Å². The normalized spacial score (nSPS) is 10.6. The van der Waals surface area contributed by atoms with Crippen LogP contribution >= 0.6 is 11.3 Å². The molecule has 0 N–H and O–H groups in total. The fourth-order valence-corrected chi connectivity index (χ4v) is 3.66. The summed E-state index contributed by atoms with van der Waals surface area (Å²) in [5, 5.41) is 11.8. The van der Waals surface area contributed by atoms with E-state index in [2.05, 4.69) is 4.98 Å². The molecule has 0 aliphatic carbocycles. The van der Waals surface area contributed by atoms with Gasteiger partial charge in [0, 0.05) is 18.7 Å². The van der Waals surface area contributed by atoms with Gasteiger partial charge < -0.3 is 9.64 Å². The van der Waals surface area contributed by atoms with Crippen molar-refractivity contribution in [1.82, 2.24) is 9.88 Å². The Labute approximate surface area is 164 Å². The summed E-state index contributed by atoms with van der Waals surface area (Å²) < 4.78 is 6.09. The second-order valence-corrected chi connectivity index (χ2v) is 7.22. The third-order valence-electron chi connectivity index (χ3n) is 4.18. The van der Waals surface area contributed by atoms with Crippen molar-refractivity contribution >= 4 is 39.1 Å². The largest absolute Gasteiger partial charge is 0.452 e. The van der Waals surface area contributed by atoms with E-state index in [1.807, 2.05) is 24.3 Å². The molecule has 0 fully saturated rings. The zero-order chi connectivity index (χ0) is 20.3. The molecule has 0 saturated carbocycles. The van der Waals surface area contributed by atoms with Crippen LogP contribution in [0.1, 0.15) is 20.9 Å². The van der Waals surface area contributed by atoms with E-state index in [9.17, 15) is 19.7 Å². The predicted octanol–water partition coefficient (Wildman–Crippen LogP) is 3.33. The molecule has 0 saturated heterocycles. The molecule has 3 aromatic rings. The van der Waals surface area contributed by atoms with Crippen molar-refractivity contribution in [2.45, 2.75) is 13.5 Å². The summed E-state index contributed by atoms with van der Waals surface area (Å²) >= 11 is 1.49. The molecule has 1 heterocycles. The number of hydrogen-bond donors (Lipinski definition) is 0. The zero-order valence-corrected chi connectivity index (χ0v) is 16.1. The van der Waals surface area contributed by atoms with Crippen molar-refractivity contribution in [3.63, 3.8) is 0 Å². The number of para-hydroxylation sites is 1. The molecule has 0 aliphatic heterocycles. The molecule has 28 heavy (non-hydrogen) atoms. The molecule has 0 spiro atoms. The Bertz CT molecular complexity index is 1030. The third-order valence-corrected chi connectivity index (χ3v) is 5.21. The number of hydrogen-bond acceptors (Lipinski definition) is 7. The lowest BCUT2D eigenvalue weighted by atomic mass is 10.1. The number of carbonyl (C=O) groups is 2. The van der Waals surface area contributed by atoms with Crippen LogP contribution in [0.25, 0.3) is 10.2 Å². The Kier molecular flexibility index (Phi) is 5.65. The van der Waals surface area contributed by atoms with Gasteiger partial charge in [-0.25, -0.2) is 9.78 Å². The summed E-state index contributed by atoms with van der Waals surface area (Å²) in [5.74, 6) is -1.17. The molecule has 144 valence electrons. The van der Waals surface area contributed by atoms with E-state index in [0.29, 0.717) is 6.54 Å². The van der Waals surface area contributed by atoms with Crippen LogP contribution in [0.3, 0.4) is 0 Å². The fourth-order valence-electron chi connectivity index (χ4n) is 2.64. The summed E-state index contributed by atoms with van der Waals surface area (Å²) in [6.07, 6.45) is 0. The number of carbonyl (C=O) groups excluding carboxylic acids is 2. The quantitative estimate of drug-likeness (QED) is 0.358. The van der Waals surface area contributed by atoms with Crippen molar-refractivity contribution < 1.29 is 19.2 Å². The Morgan fingerprint density at radius 2 is 1.96 bits per heavy atom. The summed E-state index contributed by atoms with van der Waals surface area (Å²) in [6, 6.07) is 11.8. The fraction of sp³-hybridized carbons (Fsp3) is 0.211. The number of nitrogens with zero attached hydrogens (tertiary/aromatic N) is 3. The zero-order valence-electron chi connectivity index (χ0n) is 15.2. The number of thiazole rings is 1. The SMILES string of the molecule is Cc1c(C(=O)OCC(=O)N(C)Cc2nc3ccccc3s2)cccc1[N+](=O)[O-]. The second kappa shape index (κ2) is 8.13. The summed E-state index contributed by atoms with van der Waals surface area (Å²) in [6.45, 7) is 1.31. The van der Waals surface area contributed by atoms with E-state index in [4.69, 9.17) is 4.74 Å². The highest BCUT2D eigenvalue weighted by molar-refractivity contribution is 7.18. The van der Waals surface area contributed by atoms with E-state index in [1.165, 1.54) is 41.4 Å². The average molecular weight is 399 g/mol. The van der Waals surface area contributed by atoms with Crippen LogP contribution in [-0.4, -0.2) is 40.3 Å². The van der Waals surface area contributed by atoms with Crippen molar-refractivity contribution in [2.75, 3.05) is 13.7 Å². The molecule has 0 aliphatic rings. The van der Waals surface area contributed by atoms with Crippen molar-refractivity contribution in [2.24, 2.45) is 0 Å². The van der Waals surface area contributed by atoms with Gasteiger partial charge in [-0.1, -0.05) is 18.2 Å². The van der Waals surface area contributed by atoms with Gasteiger partial charge in [0.05, 0.1) is 27.2 Å². The highest BCUT2D eigenvalue weighted by Crippen LogP contribution is 2.23. The molecule has 1 aromatic heterocycles. The monoisotopic (exact) mass is 399 g/mol. The third kappa shape index (κ3) is 4.15. The summed E-state index contributed by atoms with van der Waals surface area (Å²) in [4.78, 5) is 40.8. The van der Waals surface area contributed by atoms with Gasteiger partial charge in [0.1, 0.15) is 5.01 Å². The highest BCUT2D eigenvalue weighted by Gasteiger charge is 2.20. The van der Waals surface area contributed by atoms with E-state index in [1.54, 1.807) is 7.05 Å². The van der Waals surface area contributed by atoms with Gasteiger partial charge in [-0.15, -0.1) is 11.3 Å². The number of nitro groups is 1. The lowest BCUT2D eigenvalue weighted by molar-refractivity contribution is -0.385. The Hall–Kier alpha value is -3.33. The van der Waals surface area contributed by atoms with Crippen LogP contribution in [0.4, 0.5) is 5.69 Å². The van der Waals surface area contributed by atoms with Crippen LogP contribution in [0.2, 0.25) is 0 Å². The molecule has 1 amide bonds. The number of rotatable bonds is 6. The molecule has 9 heteroatoms. The number of fused-ring (bicyclic) bond motifs is 1. The molecule has 0 atom stereocenters. The van der Waals surface area contributed by atoms with Crippen molar-refractivity contribution in [3.05, 3.63) is 68.7 Å².